The van der Waals surface area contributed by atoms with E-state index in [1.54, 1.807) is 4.90 Å². The van der Waals surface area contributed by atoms with Crippen molar-refractivity contribution in [1.82, 2.24) is 0 Å². The molecule has 92 valence electrons. The van der Waals surface area contributed by atoms with Gasteiger partial charge in [0.15, 0.2) is 0 Å². The monoisotopic (exact) mass is 297 g/mol. The number of carbonyl (C=O) groups excluding carboxylic acids is 1. The first-order valence-electron chi connectivity index (χ1n) is 6.02. The standard InChI is InChI=1S/C13H17BrN2O/c14-12-3-1-10(2-4-12)9-16-7-5-11(6-8-16)13(15)17/h1-4,11H,5-9H2,(H2,15,17)/p+1. The van der Waals surface area contributed by atoms with Crippen LogP contribution in [0.3, 0.4) is 0 Å². The first-order valence-corrected chi connectivity index (χ1v) is 6.82. The Labute approximate surface area is 110 Å². The predicted octanol–water partition coefficient (Wildman–Crippen LogP) is 0.729. The van der Waals surface area contributed by atoms with Gasteiger partial charge in [-0.25, -0.2) is 0 Å². The second-order valence-electron chi connectivity index (χ2n) is 4.73. The molecule has 2 rings (SSSR count). The summed E-state index contributed by atoms with van der Waals surface area (Å²) in [5, 5.41) is 0. The van der Waals surface area contributed by atoms with Crippen LogP contribution >= 0.6 is 15.9 Å². The predicted molar refractivity (Wildman–Crippen MR) is 70.5 cm³/mol. The van der Waals surface area contributed by atoms with E-state index < -0.39 is 0 Å². The molecule has 1 aromatic rings. The highest BCUT2D eigenvalue weighted by molar-refractivity contribution is 9.10. The molecule has 1 heterocycles. The van der Waals surface area contributed by atoms with Gasteiger partial charge in [-0.2, -0.15) is 0 Å². The van der Waals surface area contributed by atoms with Gasteiger partial charge in [0.1, 0.15) is 6.54 Å². The number of likely N-dealkylation sites (tertiary alicyclic amines) is 1. The SMILES string of the molecule is NC(=O)C1CC[NH+](Cc2ccc(Br)cc2)CC1. The molecule has 0 atom stereocenters. The summed E-state index contributed by atoms with van der Waals surface area (Å²) in [5.41, 5.74) is 6.68. The van der Waals surface area contributed by atoms with Gasteiger partial charge in [-0.15, -0.1) is 0 Å². The minimum atomic E-state index is -0.132. The Bertz CT molecular complexity index is 383. The molecule has 0 radical (unpaired) electrons. The highest BCUT2D eigenvalue weighted by atomic mass is 79.9. The van der Waals surface area contributed by atoms with E-state index in [4.69, 9.17) is 5.73 Å². The summed E-state index contributed by atoms with van der Waals surface area (Å²) in [5.74, 6) is -0.0311. The van der Waals surface area contributed by atoms with Crippen LogP contribution in [0.4, 0.5) is 0 Å². The zero-order chi connectivity index (χ0) is 12.3. The molecule has 1 fully saturated rings. The van der Waals surface area contributed by atoms with Gasteiger partial charge < -0.3 is 10.6 Å². The number of halogens is 1. The molecule has 3 nitrogen and oxygen atoms in total. The van der Waals surface area contributed by atoms with Gasteiger partial charge in [-0.05, 0) is 12.1 Å². The number of amides is 1. The van der Waals surface area contributed by atoms with Gasteiger partial charge in [-0.1, -0.05) is 28.1 Å². The lowest BCUT2D eigenvalue weighted by Gasteiger charge is -2.27. The number of quaternary nitrogens is 1. The molecular weight excluding hydrogens is 280 g/mol. The van der Waals surface area contributed by atoms with Crippen molar-refractivity contribution in [2.45, 2.75) is 19.4 Å². The van der Waals surface area contributed by atoms with Crippen LogP contribution in [-0.4, -0.2) is 19.0 Å². The molecule has 1 aromatic carbocycles. The normalized spacial score (nSPS) is 24.5. The Kier molecular flexibility index (Phi) is 4.18. The van der Waals surface area contributed by atoms with Crippen LogP contribution in [0.25, 0.3) is 0 Å². The summed E-state index contributed by atoms with van der Waals surface area (Å²) >= 11 is 3.44. The average molecular weight is 298 g/mol. The molecule has 0 bridgehead atoms. The maximum absolute atomic E-state index is 11.1. The minimum absolute atomic E-state index is 0.101. The van der Waals surface area contributed by atoms with E-state index in [9.17, 15) is 4.79 Å². The summed E-state index contributed by atoms with van der Waals surface area (Å²) in [4.78, 5) is 12.6. The molecule has 1 saturated heterocycles. The van der Waals surface area contributed by atoms with E-state index in [1.165, 1.54) is 5.56 Å². The van der Waals surface area contributed by atoms with Crippen LogP contribution in [-0.2, 0) is 11.3 Å². The molecule has 3 N–H and O–H groups in total. The smallest absolute Gasteiger partial charge is 0.220 e. The summed E-state index contributed by atoms with van der Waals surface area (Å²) in [6.45, 7) is 3.13. The van der Waals surface area contributed by atoms with Crippen molar-refractivity contribution in [3.05, 3.63) is 34.3 Å². The summed E-state index contributed by atoms with van der Waals surface area (Å²) in [7, 11) is 0. The Morgan fingerprint density at radius 1 is 1.29 bits per heavy atom. The van der Waals surface area contributed by atoms with E-state index in [0.29, 0.717) is 0 Å². The van der Waals surface area contributed by atoms with Gasteiger partial charge in [-0.3, -0.25) is 4.79 Å². The number of benzene rings is 1. The second kappa shape index (κ2) is 5.65. The third-order valence-electron chi connectivity index (χ3n) is 3.46. The molecule has 1 amide bonds. The Morgan fingerprint density at radius 2 is 1.88 bits per heavy atom. The maximum atomic E-state index is 11.1. The topological polar surface area (TPSA) is 47.5 Å². The van der Waals surface area contributed by atoms with Crippen molar-refractivity contribution >= 4 is 21.8 Å². The van der Waals surface area contributed by atoms with Crippen molar-refractivity contribution in [1.29, 1.82) is 0 Å². The first-order chi connectivity index (χ1) is 8.15. The second-order valence-corrected chi connectivity index (χ2v) is 5.65. The van der Waals surface area contributed by atoms with E-state index in [1.807, 2.05) is 0 Å². The average Bonchev–Trinajstić information content (AvgIpc) is 2.33. The number of hydrogen-bond donors (Lipinski definition) is 2. The van der Waals surface area contributed by atoms with E-state index in [0.717, 1.165) is 36.9 Å². The largest absolute Gasteiger partial charge is 0.369 e. The highest BCUT2D eigenvalue weighted by Gasteiger charge is 2.25. The minimum Gasteiger partial charge on any atom is -0.369 e. The highest BCUT2D eigenvalue weighted by Crippen LogP contribution is 2.11. The van der Waals surface area contributed by atoms with Gasteiger partial charge in [0.05, 0.1) is 13.1 Å². The Morgan fingerprint density at radius 3 is 2.41 bits per heavy atom. The number of nitrogens with two attached hydrogens (primary N) is 1. The number of rotatable bonds is 3. The van der Waals surface area contributed by atoms with Crippen molar-refractivity contribution in [3.63, 3.8) is 0 Å². The fourth-order valence-corrected chi connectivity index (χ4v) is 2.64. The van der Waals surface area contributed by atoms with Crippen LogP contribution < -0.4 is 10.6 Å². The van der Waals surface area contributed by atoms with Crippen LogP contribution in [0, 0.1) is 5.92 Å². The summed E-state index contributed by atoms with van der Waals surface area (Å²) in [6, 6.07) is 8.45. The molecule has 1 aliphatic rings. The third-order valence-corrected chi connectivity index (χ3v) is 3.99. The summed E-state index contributed by atoms with van der Waals surface area (Å²) < 4.78 is 1.11. The third kappa shape index (κ3) is 3.54. The molecule has 0 aliphatic carbocycles. The number of carbonyl (C=O) groups is 1. The maximum Gasteiger partial charge on any atom is 0.220 e. The lowest BCUT2D eigenvalue weighted by atomic mass is 9.96. The molecule has 17 heavy (non-hydrogen) atoms. The number of primary amides is 1. The lowest BCUT2D eigenvalue weighted by molar-refractivity contribution is -0.919. The van der Waals surface area contributed by atoms with Gasteiger partial charge in [0, 0.05) is 28.8 Å². The molecule has 0 unspecified atom stereocenters. The lowest BCUT2D eigenvalue weighted by Crippen LogP contribution is -3.11. The van der Waals surface area contributed by atoms with Gasteiger partial charge in [0.2, 0.25) is 5.91 Å². The van der Waals surface area contributed by atoms with Crippen LogP contribution in [0.15, 0.2) is 28.7 Å². The molecular formula is C13H18BrN2O+. The van der Waals surface area contributed by atoms with E-state index in [-0.39, 0.29) is 11.8 Å². The Hall–Kier alpha value is -0.870. The molecule has 4 heteroatoms. The van der Waals surface area contributed by atoms with E-state index >= 15 is 0 Å². The number of piperidine rings is 1. The van der Waals surface area contributed by atoms with Crippen LogP contribution in [0.1, 0.15) is 18.4 Å². The van der Waals surface area contributed by atoms with Crippen LogP contribution in [0.2, 0.25) is 0 Å². The molecule has 0 aromatic heterocycles. The quantitative estimate of drug-likeness (QED) is 0.849. The number of nitrogens with one attached hydrogen (secondary N) is 1. The van der Waals surface area contributed by atoms with Crippen molar-refractivity contribution in [3.8, 4) is 0 Å². The molecule has 0 saturated carbocycles. The fraction of sp³-hybridized carbons (Fsp3) is 0.462. The van der Waals surface area contributed by atoms with Crippen molar-refractivity contribution in [2.75, 3.05) is 13.1 Å². The van der Waals surface area contributed by atoms with Crippen molar-refractivity contribution < 1.29 is 9.69 Å². The van der Waals surface area contributed by atoms with Crippen molar-refractivity contribution in [2.24, 2.45) is 11.7 Å². The molecule has 1 aliphatic heterocycles. The Balaban J connectivity index is 1.85. The van der Waals surface area contributed by atoms with Crippen LogP contribution in [0.5, 0.6) is 0 Å². The first kappa shape index (κ1) is 12.6. The zero-order valence-electron chi connectivity index (χ0n) is 9.79. The fourth-order valence-electron chi connectivity index (χ4n) is 2.38. The summed E-state index contributed by atoms with van der Waals surface area (Å²) in [6.07, 6.45) is 1.86. The zero-order valence-corrected chi connectivity index (χ0v) is 11.4. The van der Waals surface area contributed by atoms with Gasteiger partial charge >= 0.3 is 0 Å². The van der Waals surface area contributed by atoms with E-state index in [2.05, 4.69) is 40.2 Å². The van der Waals surface area contributed by atoms with Gasteiger partial charge in [0.25, 0.3) is 0 Å². The number of hydrogen-bond acceptors (Lipinski definition) is 1. The molecule has 0 spiro atoms.